The van der Waals surface area contributed by atoms with Crippen LogP contribution in [-0.2, 0) is 11.2 Å². The Morgan fingerprint density at radius 2 is 2.29 bits per heavy atom. The molecule has 1 fully saturated rings. The SMILES string of the molecule is Cc1nc(C2CCCN(C(=O)C3Cc4cc(Cl)ccc4O3)C2)no1. The van der Waals surface area contributed by atoms with Gasteiger partial charge in [-0.25, -0.2) is 0 Å². The minimum Gasteiger partial charge on any atom is -0.480 e. The lowest BCUT2D eigenvalue weighted by molar-refractivity contribution is -0.139. The summed E-state index contributed by atoms with van der Waals surface area (Å²) in [5.74, 6) is 2.14. The van der Waals surface area contributed by atoms with Crippen molar-refractivity contribution in [2.45, 2.75) is 38.2 Å². The van der Waals surface area contributed by atoms with Crippen LogP contribution in [0.15, 0.2) is 22.7 Å². The van der Waals surface area contributed by atoms with E-state index in [4.69, 9.17) is 20.9 Å². The van der Waals surface area contributed by atoms with Crippen molar-refractivity contribution in [2.24, 2.45) is 0 Å². The highest BCUT2D eigenvalue weighted by molar-refractivity contribution is 6.30. The van der Waals surface area contributed by atoms with Crippen LogP contribution in [0.5, 0.6) is 5.75 Å². The van der Waals surface area contributed by atoms with Crippen molar-refractivity contribution < 1.29 is 14.1 Å². The molecule has 1 aromatic carbocycles. The van der Waals surface area contributed by atoms with E-state index in [0.29, 0.717) is 29.7 Å². The number of piperidine rings is 1. The van der Waals surface area contributed by atoms with Crippen molar-refractivity contribution >= 4 is 17.5 Å². The van der Waals surface area contributed by atoms with Crippen LogP contribution < -0.4 is 4.74 Å². The first-order chi connectivity index (χ1) is 11.6. The molecule has 0 aliphatic carbocycles. The molecule has 0 saturated carbocycles. The molecule has 0 bridgehead atoms. The van der Waals surface area contributed by atoms with Crippen LogP contribution in [0, 0.1) is 6.92 Å². The summed E-state index contributed by atoms with van der Waals surface area (Å²) in [5, 5.41) is 4.67. The first kappa shape index (κ1) is 15.4. The second-order valence-corrected chi connectivity index (χ2v) is 6.79. The topological polar surface area (TPSA) is 68.5 Å². The van der Waals surface area contributed by atoms with E-state index in [0.717, 1.165) is 30.7 Å². The Balaban J connectivity index is 1.45. The Bertz CT molecular complexity index is 776. The van der Waals surface area contributed by atoms with Gasteiger partial charge in [0.15, 0.2) is 11.9 Å². The van der Waals surface area contributed by atoms with E-state index in [-0.39, 0.29) is 11.8 Å². The highest BCUT2D eigenvalue weighted by Crippen LogP contribution is 2.33. The predicted molar refractivity (Wildman–Crippen MR) is 87.2 cm³/mol. The zero-order chi connectivity index (χ0) is 16.7. The highest BCUT2D eigenvalue weighted by atomic mass is 35.5. The molecule has 2 aliphatic heterocycles. The monoisotopic (exact) mass is 347 g/mol. The molecule has 2 aromatic rings. The molecule has 0 spiro atoms. The molecular formula is C17H18ClN3O3. The lowest BCUT2D eigenvalue weighted by Crippen LogP contribution is -2.46. The fourth-order valence-electron chi connectivity index (χ4n) is 3.43. The summed E-state index contributed by atoms with van der Waals surface area (Å²) in [5.41, 5.74) is 0.989. The molecule has 1 saturated heterocycles. The van der Waals surface area contributed by atoms with Crippen molar-refractivity contribution in [3.63, 3.8) is 0 Å². The van der Waals surface area contributed by atoms with Crippen LogP contribution in [0.4, 0.5) is 0 Å². The van der Waals surface area contributed by atoms with Crippen molar-refractivity contribution in [2.75, 3.05) is 13.1 Å². The van der Waals surface area contributed by atoms with Gasteiger partial charge in [-0.1, -0.05) is 16.8 Å². The highest BCUT2D eigenvalue weighted by Gasteiger charge is 2.35. The van der Waals surface area contributed by atoms with Crippen molar-refractivity contribution in [1.29, 1.82) is 0 Å². The number of aromatic nitrogens is 2. The van der Waals surface area contributed by atoms with E-state index >= 15 is 0 Å². The zero-order valence-corrected chi connectivity index (χ0v) is 14.1. The van der Waals surface area contributed by atoms with Crippen molar-refractivity contribution in [3.05, 3.63) is 40.5 Å². The smallest absolute Gasteiger partial charge is 0.264 e. The molecule has 2 unspecified atom stereocenters. The minimum absolute atomic E-state index is 0.0206. The summed E-state index contributed by atoms with van der Waals surface area (Å²) in [4.78, 5) is 19.0. The summed E-state index contributed by atoms with van der Waals surface area (Å²) in [6.45, 7) is 3.12. The van der Waals surface area contributed by atoms with Crippen LogP contribution in [0.3, 0.4) is 0 Å². The predicted octanol–water partition coefficient (Wildman–Crippen LogP) is 2.74. The molecule has 1 aromatic heterocycles. The van der Waals surface area contributed by atoms with Crippen molar-refractivity contribution in [1.82, 2.24) is 15.0 Å². The van der Waals surface area contributed by atoms with Gasteiger partial charge in [-0.3, -0.25) is 4.79 Å². The van der Waals surface area contributed by atoms with E-state index in [1.54, 1.807) is 13.0 Å². The van der Waals surface area contributed by atoms with Crippen LogP contribution in [0.2, 0.25) is 5.02 Å². The number of amides is 1. The molecule has 3 heterocycles. The first-order valence-electron chi connectivity index (χ1n) is 8.14. The Labute approximate surface area is 144 Å². The molecule has 2 aliphatic rings. The quantitative estimate of drug-likeness (QED) is 0.835. The van der Waals surface area contributed by atoms with Gasteiger partial charge in [-0.2, -0.15) is 4.98 Å². The zero-order valence-electron chi connectivity index (χ0n) is 13.4. The Morgan fingerprint density at radius 3 is 3.08 bits per heavy atom. The summed E-state index contributed by atoms with van der Waals surface area (Å²) in [7, 11) is 0. The van der Waals surface area contributed by atoms with Gasteiger partial charge in [0.1, 0.15) is 5.75 Å². The normalized spacial score (nSPS) is 23.0. The maximum Gasteiger partial charge on any atom is 0.264 e. The number of fused-ring (bicyclic) bond motifs is 1. The molecule has 7 heteroatoms. The molecule has 24 heavy (non-hydrogen) atoms. The number of likely N-dealkylation sites (tertiary alicyclic amines) is 1. The van der Waals surface area contributed by atoms with E-state index in [1.807, 2.05) is 17.0 Å². The van der Waals surface area contributed by atoms with Crippen LogP contribution >= 0.6 is 11.6 Å². The fourth-order valence-corrected chi connectivity index (χ4v) is 3.62. The lowest BCUT2D eigenvalue weighted by atomic mass is 9.96. The minimum atomic E-state index is -0.468. The second kappa shape index (κ2) is 6.09. The standard InChI is InChI=1S/C17H18ClN3O3/c1-10-19-16(20-24-10)11-3-2-6-21(9-11)17(22)15-8-12-7-13(18)4-5-14(12)23-15/h4-5,7,11,15H,2-3,6,8-9H2,1H3. The van der Waals surface area contributed by atoms with Gasteiger partial charge in [-0.15, -0.1) is 0 Å². The molecule has 0 N–H and O–H groups in total. The summed E-state index contributed by atoms with van der Waals surface area (Å²) >= 11 is 6.01. The van der Waals surface area contributed by atoms with Crippen LogP contribution in [0.1, 0.15) is 36.0 Å². The van der Waals surface area contributed by atoms with Gasteiger partial charge in [0, 0.05) is 37.4 Å². The summed E-state index contributed by atoms with van der Waals surface area (Å²) < 4.78 is 10.9. The number of halogens is 1. The van der Waals surface area contributed by atoms with E-state index in [2.05, 4.69) is 10.1 Å². The summed E-state index contributed by atoms with van der Waals surface area (Å²) in [6, 6.07) is 5.47. The number of aryl methyl sites for hydroxylation is 1. The maximum absolute atomic E-state index is 12.8. The number of benzene rings is 1. The lowest BCUT2D eigenvalue weighted by Gasteiger charge is -2.32. The van der Waals surface area contributed by atoms with E-state index < -0.39 is 6.10 Å². The van der Waals surface area contributed by atoms with Gasteiger partial charge in [0.2, 0.25) is 5.89 Å². The van der Waals surface area contributed by atoms with Gasteiger partial charge < -0.3 is 14.2 Å². The molecule has 0 radical (unpaired) electrons. The second-order valence-electron chi connectivity index (χ2n) is 6.36. The van der Waals surface area contributed by atoms with Gasteiger partial charge in [-0.05, 0) is 36.6 Å². The third kappa shape index (κ3) is 2.86. The van der Waals surface area contributed by atoms with E-state index in [9.17, 15) is 4.79 Å². The molecule has 126 valence electrons. The Morgan fingerprint density at radius 1 is 1.42 bits per heavy atom. The fraction of sp³-hybridized carbons (Fsp3) is 0.471. The number of carbonyl (C=O) groups excluding carboxylic acids is 1. The van der Waals surface area contributed by atoms with Gasteiger partial charge >= 0.3 is 0 Å². The molecule has 1 amide bonds. The number of hydrogen-bond donors (Lipinski definition) is 0. The molecule has 2 atom stereocenters. The maximum atomic E-state index is 12.8. The Hall–Kier alpha value is -2.08. The molecule has 4 rings (SSSR count). The van der Waals surface area contributed by atoms with Crippen molar-refractivity contribution in [3.8, 4) is 5.75 Å². The number of ether oxygens (including phenoxy) is 1. The van der Waals surface area contributed by atoms with E-state index in [1.165, 1.54) is 0 Å². The largest absolute Gasteiger partial charge is 0.480 e. The average molecular weight is 348 g/mol. The first-order valence-corrected chi connectivity index (χ1v) is 8.52. The van der Waals surface area contributed by atoms with Crippen LogP contribution in [0.25, 0.3) is 0 Å². The summed E-state index contributed by atoms with van der Waals surface area (Å²) in [6.07, 6.45) is 1.99. The third-order valence-electron chi connectivity index (χ3n) is 4.61. The number of nitrogens with zero attached hydrogens (tertiary/aromatic N) is 3. The Kier molecular flexibility index (Phi) is 3.92. The third-order valence-corrected chi connectivity index (χ3v) is 4.85. The van der Waals surface area contributed by atoms with Gasteiger partial charge in [0.05, 0.1) is 0 Å². The number of rotatable bonds is 2. The number of hydrogen-bond acceptors (Lipinski definition) is 5. The van der Waals surface area contributed by atoms with Crippen LogP contribution in [-0.4, -0.2) is 40.1 Å². The average Bonchev–Trinajstić information content (AvgIpc) is 3.20. The molecule has 6 nitrogen and oxygen atoms in total. The van der Waals surface area contributed by atoms with Gasteiger partial charge in [0.25, 0.3) is 5.91 Å². The molecular weight excluding hydrogens is 330 g/mol. The number of carbonyl (C=O) groups is 1.